The maximum atomic E-state index is 12.6. The van der Waals surface area contributed by atoms with Gasteiger partial charge >= 0.3 is 6.03 Å². The van der Waals surface area contributed by atoms with Crippen LogP contribution in [0.3, 0.4) is 0 Å². The van der Waals surface area contributed by atoms with Gasteiger partial charge in [-0.05, 0) is 36.2 Å². The van der Waals surface area contributed by atoms with E-state index in [1.54, 1.807) is 29.4 Å². The summed E-state index contributed by atoms with van der Waals surface area (Å²) < 4.78 is 0. The number of imide groups is 1. The molecule has 8 nitrogen and oxygen atoms in total. The van der Waals surface area contributed by atoms with Crippen LogP contribution in [-0.2, 0) is 6.54 Å². The topological polar surface area (TPSA) is 112 Å². The highest BCUT2D eigenvalue weighted by atomic mass is 16.3. The minimum atomic E-state index is -0.478. The third kappa shape index (κ3) is 3.86. The summed E-state index contributed by atoms with van der Waals surface area (Å²) in [5.74, 6) is -0.919. The van der Waals surface area contributed by atoms with E-state index in [0.29, 0.717) is 30.8 Å². The summed E-state index contributed by atoms with van der Waals surface area (Å²) in [6.07, 6.45) is 3.76. The van der Waals surface area contributed by atoms with Crippen LogP contribution in [0.1, 0.15) is 32.7 Å². The highest BCUT2D eigenvalue weighted by Crippen LogP contribution is 2.20. The summed E-state index contributed by atoms with van der Waals surface area (Å²) in [6, 6.07) is 7.83. The number of anilines is 1. The molecular formula is C18H18N4O4. The summed E-state index contributed by atoms with van der Waals surface area (Å²) in [6.45, 7) is 0.669. The van der Waals surface area contributed by atoms with Gasteiger partial charge in [0.25, 0.3) is 11.8 Å². The number of carbonyl (C=O) groups excluding carboxylic acids is 3. The summed E-state index contributed by atoms with van der Waals surface area (Å²) in [4.78, 5) is 41.5. The number of nitrogens with zero attached hydrogens (tertiary/aromatic N) is 2. The number of aliphatic hydroxyl groups is 1. The number of pyridine rings is 1. The van der Waals surface area contributed by atoms with Crippen LogP contribution in [0.5, 0.6) is 0 Å². The highest BCUT2D eigenvalue weighted by Gasteiger charge is 2.27. The summed E-state index contributed by atoms with van der Waals surface area (Å²) in [5.41, 5.74) is 1.81. The van der Waals surface area contributed by atoms with Gasteiger partial charge in [0.2, 0.25) is 0 Å². The molecule has 0 radical (unpaired) electrons. The standard InChI is InChI=1S/C18H18N4O4/c23-8-2-7-22(11-12-3-1-6-19-10-12)18(26)20-13-4-5-14-15(9-13)17(25)21-16(14)24/h1,3-6,9-10,23H,2,7-8,11H2,(H,20,26)(H,21,24,25). The van der Waals surface area contributed by atoms with E-state index in [9.17, 15) is 14.4 Å². The molecule has 0 bridgehead atoms. The van der Waals surface area contributed by atoms with Crippen molar-refractivity contribution < 1.29 is 19.5 Å². The second-order valence-electron chi connectivity index (χ2n) is 5.83. The lowest BCUT2D eigenvalue weighted by Gasteiger charge is -2.23. The van der Waals surface area contributed by atoms with Crippen LogP contribution in [0, 0.1) is 0 Å². The molecule has 1 aliphatic heterocycles. The molecule has 0 fully saturated rings. The smallest absolute Gasteiger partial charge is 0.322 e. The van der Waals surface area contributed by atoms with E-state index < -0.39 is 11.8 Å². The molecule has 0 atom stereocenters. The molecule has 0 saturated heterocycles. The van der Waals surface area contributed by atoms with Gasteiger partial charge in [0.1, 0.15) is 0 Å². The molecule has 2 heterocycles. The fourth-order valence-corrected chi connectivity index (χ4v) is 2.67. The van der Waals surface area contributed by atoms with Gasteiger partial charge in [0, 0.05) is 37.8 Å². The molecule has 0 spiro atoms. The maximum Gasteiger partial charge on any atom is 0.322 e. The molecule has 3 N–H and O–H groups in total. The van der Waals surface area contributed by atoms with E-state index in [-0.39, 0.29) is 18.2 Å². The zero-order valence-corrected chi connectivity index (χ0v) is 13.9. The van der Waals surface area contributed by atoms with Gasteiger partial charge in [0.05, 0.1) is 11.1 Å². The summed E-state index contributed by atoms with van der Waals surface area (Å²) >= 11 is 0. The Hall–Kier alpha value is -3.26. The lowest BCUT2D eigenvalue weighted by atomic mass is 10.1. The second-order valence-corrected chi connectivity index (χ2v) is 5.83. The average molecular weight is 354 g/mol. The number of benzene rings is 1. The number of amides is 4. The van der Waals surface area contributed by atoms with Crippen molar-refractivity contribution in [2.24, 2.45) is 0 Å². The zero-order chi connectivity index (χ0) is 18.5. The Balaban J connectivity index is 1.74. The number of aromatic nitrogens is 1. The molecule has 1 aliphatic rings. The number of nitrogens with one attached hydrogen (secondary N) is 2. The van der Waals surface area contributed by atoms with Gasteiger partial charge < -0.3 is 15.3 Å². The van der Waals surface area contributed by atoms with Crippen LogP contribution in [0.25, 0.3) is 0 Å². The fraction of sp³-hybridized carbons (Fsp3) is 0.222. The number of hydrogen-bond donors (Lipinski definition) is 3. The Morgan fingerprint density at radius 2 is 2.00 bits per heavy atom. The highest BCUT2D eigenvalue weighted by molar-refractivity contribution is 6.22. The van der Waals surface area contributed by atoms with Crippen LogP contribution < -0.4 is 10.6 Å². The van der Waals surface area contributed by atoms with E-state index in [1.165, 1.54) is 12.1 Å². The molecule has 4 amide bonds. The summed E-state index contributed by atoms with van der Waals surface area (Å²) in [5, 5.41) is 14.0. The van der Waals surface area contributed by atoms with E-state index in [0.717, 1.165) is 5.56 Å². The number of urea groups is 1. The fourth-order valence-electron chi connectivity index (χ4n) is 2.67. The number of hydrogen-bond acceptors (Lipinski definition) is 5. The molecule has 0 saturated carbocycles. The first kappa shape index (κ1) is 17.6. The Morgan fingerprint density at radius 1 is 1.19 bits per heavy atom. The van der Waals surface area contributed by atoms with Crippen LogP contribution >= 0.6 is 0 Å². The van der Waals surface area contributed by atoms with Gasteiger partial charge in [-0.2, -0.15) is 0 Å². The molecule has 1 aromatic carbocycles. The van der Waals surface area contributed by atoms with Crippen molar-refractivity contribution in [2.45, 2.75) is 13.0 Å². The first-order valence-corrected chi connectivity index (χ1v) is 8.14. The van der Waals surface area contributed by atoms with Crippen molar-refractivity contribution in [3.8, 4) is 0 Å². The Morgan fingerprint density at radius 3 is 2.73 bits per heavy atom. The predicted molar refractivity (Wildman–Crippen MR) is 93.6 cm³/mol. The molecule has 134 valence electrons. The molecule has 3 rings (SSSR count). The second kappa shape index (κ2) is 7.75. The van der Waals surface area contributed by atoms with E-state index in [1.807, 2.05) is 6.07 Å². The third-order valence-electron chi connectivity index (χ3n) is 3.96. The van der Waals surface area contributed by atoms with Crippen molar-refractivity contribution in [1.29, 1.82) is 0 Å². The van der Waals surface area contributed by atoms with Crippen molar-refractivity contribution in [1.82, 2.24) is 15.2 Å². The van der Waals surface area contributed by atoms with Crippen molar-refractivity contribution >= 4 is 23.5 Å². The molecule has 8 heteroatoms. The largest absolute Gasteiger partial charge is 0.396 e. The molecule has 0 aliphatic carbocycles. The quantitative estimate of drug-likeness (QED) is 0.679. The van der Waals surface area contributed by atoms with Gasteiger partial charge in [-0.1, -0.05) is 6.07 Å². The van der Waals surface area contributed by atoms with Crippen molar-refractivity contribution in [2.75, 3.05) is 18.5 Å². The minimum Gasteiger partial charge on any atom is -0.396 e. The molecular weight excluding hydrogens is 336 g/mol. The van der Waals surface area contributed by atoms with Gasteiger partial charge in [-0.3, -0.25) is 19.9 Å². The monoisotopic (exact) mass is 354 g/mol. The van der Waals surface area contributed by atoms with Crippen LogP contribution in [0.4, 0.5) is 10.5 Å². The van der Waals surface area contributed by atoms with Crippen molar-refractivity contribution in [3.63, 3.8) is 0 Å². The lowest BCUT2D eigenvalue weighted by molar-refractivity contribution is 0.0879. The normalized spacial score (nSPS) is 12.5. The lowest BCUT2D eigenvalue weighted by Crippen LogP contribution is -2.35. The Labute approximate surface area is 149 Å². The minimum absolute atomic E-state index is 0.0298. The number of carbonyl (C=O) groups is 3. The predicted octanol–water partition coefficient (Wildman–Crippen LogP) is 1.38. The van der Waals surface area contributed by atoms with Crippen LogP contribution in [0.2, 0.25) is 0 Å². The van der Waals surface area contributed by atoms with Crippen LogP contribution in [-0.4, -0.2) is 46.0 Å². The van der Waals surface area contributed by atoms with Gasteiger partial charge in [-0.25, -0.2) is 4.79 Å². The number of aliphatic hydroxyl groups excluding tert-OH is 1. The number of rotatable bonds is 6. The average Bonchev–Trinajstić information content (AvgIpc) is 2.93. The summed E-state index contributed by atoms with van der Waals surface area (Å²) in [7, 11) is 0. The van der Waals surface area contributed by atoms with Crippen molar-refractivity contribution in [3.05, 3.63) is 59.4 Å². The third-order valence-corrected chi connectivity index (χ3v) is 3.96. The van der Waals surface area contributed by atoms with Gasteiger partial charge in [-0.15, -0.1) is 0 Å². The molecule has 0 unspecified atom stereocenters. The molecule has 26 heavy (non-hydrogen) atoms. The maximum absolute atomic E-state index is 12.6. The van der Waals surface area contributed by atoms with E-state index in [2.05, 4.69) is 15.6 Å². The van der Waals surface area contributed by atoms with E-state index in [4.69, 9.17) is 5.11 Å². The Bertz CT molecular complexity index is 838. The SMILES string of the molecule is O=C1NC(=O)c2cc(NC(=O)N(CCCO)Cc3cccnc3)ccc21. The zero-order valence-electron chi connectivity index (χ0n) is 13.9. The Kier molecular flexibility index (Phi) is 5.23. The molecule has 2 aromatic rings. The molecule has 1 aromatic heterocycles. The van der Waals surface area contributed by atoms with Gasteiger partial charge in [0.15, 0.2) is 0 Å². The number of fused-ring (bicyclic) bond motifs is 1. The first-order valence-electron chi connectivity index (χ1n) is 8.14. The van der Waals surface area contributed by atoms with E-state index >= 15 is 0 Å². The van der Waals surface area contributed by atoms with Crippen LogP contribution in [0.15, 0.2) is 42.7 Å². The first-order chi connectivity index (χ1) is 12.6.